The summed E-state index contributed by atoms with van der Waals surface area (Å²) in [7, 11) is -1.04. The van der Waals surface area contributed by atoms with E-state index in [2.05, 4.69) is 0 Å². The molecule has 82 valence electrons. The zero-order valence-corrected chi connectivity index (χ0v) is 9.63. The molecule has 0 radical (unpaired) electrons. The Kier molecular flexibility index (Phi) is 3.32. The second-order valence-corrected chi connectivity index (χ2v) is 6.32. The van der Waals surface area contributed by atoms with Crippen molar-refractivity contribution in [2.75, 3.05) is 13.1 Å². The fourth-order valence-corrected chi connectivity index (χ4v) is 2.82. The van der Waals surface area contributed by atoms with E-state index in [-0.39, 0.29) is 5.25 Å². The van der Waals surface area contributed by atoms with Crippen LogP contribution in [0.2, 0.25) is 0 Å². The van der Waals surface area contributed by atoms with Gasteiger partial charge in [0.1, 0.15) is 0 Å². The maximum absolute atomic E-state index is 11.7. The van der Waals surface area contributed by atoms with Gasteiger partial charge in [-0.05, 0) is 27.2 Å². The molecular formula is C9H17NO3S. The van der Waals surface area contributed by atoms with Crippen LogP contribution in [0.3, 0.4) is 0 Å². The van der Waals surface area contributed by atoms with Gasteiger partial charge in [0.2, 0.25) is 0 Å². The van der Waals surface area contributed by atoms with Crippen LogP contribution in [-0.4, -0.2) is 37.9 Å². The molecule has 5 heteroatoms. The predicted molar refractivity (Wildman–Crippen MR) is 55.2 cm³/mol. The predicted octanol–water partition coefficient (Wildman–Crippen LogP) is 0.855. The molecule has 0 aliphatic carbocycles. The molecular weight excluding hydrogens is 202 g/mol. The molecule has 14 heavy (non-hydrogen) atoms. The van der Waals surface area contributed by atoms with Crippen molar-refractivity contribution < 1.29 is 14.1 Å². The third kappa shape index (κ3) is 2.15. The van der Waals surface area contributed by atoms with E-state index >= 15 is 0 Å². The average molecular weight is 219 g/mol. The Balaban J connectivity index is 2.66. The first kappa shape index (κ1) is 11.7. The fourth-order valence-electron chi connectivity index (χ4n) is 1.55. The molecule has 0 aromatic heterocycles. The second-order valence-electron chi connectivity index (χ2n) is 4.30. The van der Waals surface area contributed by atoms with E-state index in [4.69, 9.17) is 5.11 Å². The largest absolute Gasteiger partial charge is 0.481 e. The number of carboxylic acid groups (broad SMARTS) is 1. The number of hydrogen-bond donors (Lipinski definition) is 1. The highest BCUT2D eigenvalue weighted by Gasteiger charge is 2.42. The zero-order valence-electron chi connectivity index (χ0n) is 8.82. The molecule has 2 unspecified atom stereocenters. The summed E-state index contributed by atoms with van der Waals surface area (Å²) in [6.07, 6.45) is 0.584. The van der Waals surface area contributed by atoms with E-state index in [1.807, 2.05) is 13.8 Å². The van der Waals surface area contributed by atoms with Crippen LogP contribution in [0, 0.1) is 5.41 Å². The standard InChI is InChI=1S/C9H17NO3S/c1-7(2)14(13)10-5-4-9(3,6-10)8(11)12/h7H,4-6H2,1-3H3,(H,11,12). The normalized spacial score (nSPS) is 30.9. The lowest BCUT2D eigenvalue weighted by Crippen LogP contribution is -2.34. The SMILES string of the molecule is CC(C)S(=O)N1CCC(C)(C(=O)O)C1. The maximum Gasteiger partial charge on any atom is 0.310 e. The van der Waals surface area contributed by atoms with E-state index in [0.717, 1.165) is 0 Å². The molecule has 0 amide bonds. The average Bonchev–Trinajstić information content (AvgIpc) is 2.48. The van der Waals surface area contributed by atoms with E-state index in [0.29, 0.717) is 19.5 Å². The van der Waals surface area contributed by atoms with Gasteiger partial charge in [-0.15, -0.1) is 0 Å². The lowest BCUT2D eigenvalue weighted by atomic mass is 9.90. The molecule has 1 aliphatic rings. The summed E-state index contributed by atoms with van der Waals surface area (Å²) in [6.45, 7) is 6.49. The topological polar surface area (TPSA) is 57.6 Å². The molecule has 1 saturated heterocycles. The van der Waals surface area contributed by atoms with Crippen molar-refractivity contribution in [3.63, 3.8) is 0 Å². The third-order valence-corrected chi connectivity index (χ3v) is 4.24. The van der Waals surface area contributed by atoms with Crippen molar-refractivity contribution in [1.82, 2.24) is 4.31 Å². The van der Waals surface area contributed by atoms with Crippen LogP contribution in [0.15, 0.2) is 0 Å². The minimum atomic E-state index is -1.04. The van der Waals surface area contributed by atoms with Crippen molar-refractivity contribution in [2.45, 2.75) is 32.4 Å². The van der Waals surface area contributed by atoms with Crippen LogP contribution >= 0.6 is 0 Å². The molecule has 0 saturated carbocycles. The van der Waals surface area contributed by atoms with Crippen LogP contribution in [0.25, 0.3) is 0 Å². The van der Waals surface area contributed by atoms with E-state index in [9.17, 15) is 9.00 Å². The van der Waals surface area contributed by atoms with Gasteiger partial charge in [0.25, 0.3) is 0 Å². The van der Waals surface area contributed by atoms with Crippen molar-refractivity contribution in [2.24, 2.45) is 5.41 Å². The highest BCUT2D eigenvalue weighted by molar-refractivity contribution is 7.83. The number of carbonyl (C=O) groups is 1. The van der Waals surface area contributed by atoms with Gasteiger partial charge in [-0.25, -0.2) is 8.51 Å². The summed E-state index contributed by atoms with van der Waals surface area (Å²) in [4.78, 5) is 10.9. The van der Waals surface area contributed by atoms with Gasteiger partial charge in [-0.1, -0.05) is 0 Å². The Labute approximate surface area is 86.9 Å². The molecule has 0 spiro atoms. The third-order valence-electron chi connectivity index (χ3n) is 2.61. The van der Waals surface area contributed by atoms with E-state index in [1.165, 1.54) is 0 Å². The van der Waals surface area contributed by atoms with Crippen LogP contribution < -0.4 is 0 Å². The van der Waals surface area contributed by atoms with Gasteiger partial charge in [-0.3, -0.25) is 4.79 Å². The second kappa shape index (κ2) is 3.98. The number of carboxylic acids is 1. The van der Waals surface area contributed by atoms with Gasteiger partial charge in [0.15, 0.2) is 0 Å². The van der Waals surface area contributed by atoms with Gasteiger partial charge in [-0.2, -0.15) is 0 Å². The molecule has 1 heterocycles. The number of aliphatic carboxylic acids is 1. The van der Waals surface area contributed by atoms with Gasteiger partial charge in [0.05, 0.1) is 16.4 Å². The number of rotatable bonds is 3. The zero-order chi connectivity index (χ0) is 10.9. The summed E-state index contributed by atoms with van der Waals surface area (Å²) in [5, 5.41) is 9.05. The molecule has 4 nitrogen and oxygen atoms in total. The minimum Gasteiger partial charge on any atom is -0.481 e. The van der Waals surface area contributed by atoms with Gasteiger partial charge >= 0.3 is 5.97 Å². The van der Waals surface area contributed by atoms with Crippen LogP contribution in [0.4, 0.5) is 0 Å². The Hall–Kier alpha value is -0.420. The first-order valence-electron chi connectivity index (χ1n) is 4.76. The lowest BCUT2D eigenvalue weighted by Gasteiger charge is -2.20. The Bertz CT molecular complexity index is 267. The summed E-state index contributed by atoms with van der Waals surface area (Å²) >= 11 is 0. The molecule has 0 aromatic rings. The van der Waals surface area contributed by atoms with Crippen molar-refractivity contribution in [3.05, 3.63) is 0 Å². The van der Waals surface area contributed by atoms with Crippen molar-refractivity contribution in [3.8, 4) is 0 Å². The number of nitrogens with zero attached hydrogens (tertiary/aromatic N) is 1. The van der Waals surface area contributed by atoms with Crippen LogP contribution in [0.5, 0.6) is 0 Å². The summed E-state index contributed by atoms with van der Waals surface area (Å²) in [6, 6.07) is 0. The molecule has 1 aliphatic heterocycles. The lowest BCUT2D eigenvalue weighted by molar-refractivity contribution is -0.146. The quantitative estimate of drug-likeness (QED) is 0.765. The highest BCUT2D eigenvalue weighted by atomic mass is 32.2. The molecule has 1 fully saturated rings. The minimum absolute atomic E-state index is 0.0612. The monoisotopic (exact) mass is 219 g/mol. The van der Waals surface area contributed by atoms with Gasteiger partial charge in [0, 0.05) is 18.3 Å². The van der Waals surface area contributed by atoms with Crippen LogP contribution in [0.1, 0.15) is 27.2 Å². The maximum atomic E-state index is 11.7. The molecule has 1 N–H and O–H groups in total. The Morgan fingerprint density at radius 2 is 2.14 bits per heavy atom. The smallest absolute Gasteiger partial charge is 0.310 e. The van der Waals surface area contributed by atoms with Crippen molar-refractivity contribution in [1.29, 1.82) is 0 Å². The first-order chi connectivity index (χ1) is 6.37. The summed E-state index contributed by atoms with van der Waals surface area (Å²) in [5.74, 6) is -0.791. The van der Waals surface area contributed by atoms with Gasteiger partial charge < -0.3 is 5.11 Å². The highest BCUT2D eigenvalue weighted by Crippen LogP contribution is 2.31. The van der Waals surface area contributed by atoms with E-state index < -0.39 is 22.4 Å². The molecule has 0 aromatic carbocycles. The van der Waals surface area contributed by atoms with Crippen LogP contribution in [-0.2, 0) is 15.8 Å². The summed E-state index contributed by atoms with van der Waals surface area (Å²) < 4.78 is 13.5. The first-order valence-corrected chi connectivity index (χ1v) is 5.93. The molecule has 0 bridgehead atoms. The fraction of sp³-hybridized carbons (Fsp3) is 0.889. The van der Waals surface area contributed by atoms with Crippen molar-refractivity contribution >= 4 is 17.0 Å². The summed E-state index contributed by atoms with van der Waals surface area (Å²) in [5.41, 5.74) is -0.718. The Morgan fingerprint density at radius 1 is 1.57 bits per heavy atom. The molecule has 2 atom stereocenters. The van der Waals surface area contributed by atoms with E-state index in [1.54, 1.807) is 11.2 Å². The Morgan fingerprint density at radius 3 is 2.50 bits per heavy atom. The molecule has 1 rings (SSSR count). The number of hydrogen-bond acceptors (Lipinski definition) is 2.